The normalized spacial score (nSPS) is 15.6. The summed E-state index contributed by atoms with van der Waals surface area (Å²) in [5.74, 6) is 0.849. The topological polar surface area (TPSA) is 50.4 Å². The molecule has 4 nitrogen and oxygen atoms in total. The summed E-state index contributed by atoms with van der Waals surface area (Å²) in [6.45, 7) is 3.10. The maximum atomic E-state index is 11.5. The maximum absolute atomic E-state index is 11.5. The Labute approximate surface area is 110 Å². The molecule has 0 radical (unpaired) electrons. The number of carbonyl (C=O) groups excluding carboxylic acids is 1. The number of nitrogens with one attached hydrogen (secondary N) is 2. The van der Waals surface area contributed by atoms with Gasteiger partial charge in [-0.3, -0.25) is 4.79 Å². The molecule has 0 aromatic carbocycles. The summed E-state index contributed by atoms with van der Waals surface area (Å²) in [4.78, 5) is 11.5. The first kappa shape index (κ1) is 16.7. The van der Waals surface area contributed by atoms with Crippen molar-refractivity contribution in [2.45, 2.75) is 32.1 Å². The van der Waals surface area contributed by atoms with E-state index in [2.05, 4.69) is 10.6 Å². The average molecular weight is 265 g/mol. The highest BCUT2D eigenvalue weighted by atomic mass is 35.5. The summed E-state index contributed by atoms with van der Waals surface area (Å²) < 4.78 is 4.91. The molecule has 5 heteroatoms. The van der Waals surface area contributed by atoms with E-state index in [1.54, 1.807) is 7.11 Å². The zero-order chi connectivity index (χ0) is 11.6. The molecule has 17 heavy (non-hydrogen) atoms. The van der Waals surface area contributed by atoms with Crippen LogP contribution in [0.25, 0.3) is 0 Å². The molecule has 1 fully saturated rings. The van der Waals surface area contributed by atoms with Crippen molar-refractivity contribution >= 4 is 18.3 Å². The van der Waals surface area contributed by atoms with Crippen molar-refractivity contribution in [3.05, 3.63) is 0 Å². The first-order chi connectivity index (χ1) is 7.83. The molecule has 0 saturated heterocycles. The third-order valence-corrected chi connectivity index (χ3v) is 3.06. The smallest absolute Gasteiger partial charge is 0.220 e. The monoisotopic (exact) mass is 264 g/mol. The molecular formula is C12H25ClN2O2. The van der Waals surface area contributed by atoms with Crippen LogP contribution in [-0.4, -0.2) is 39.3 Å². The largest absolute Gasteiger partial charge is 0.383 e. The van der Waals surface area contributed by atoms with Crippen LogP contribution >= 0.6 is 12.4 Å². The lowest BCUT2D eigenvalue weighted by molar-refractivity contribution is -0.121. The van der Waals surface area contributed by atoms with Gasteiger partial charge in [-0.2, -0.15) is 0 Å². The van der Waals surface area contributed by atoms with Crippen molar-refractivity contribution in [1.29, 1.82) is 0 Å². The minimum absolute atomic E-state index is 0. The van der Waals surface area contributed by atoms with Crippen LogP contribution in [-0.2, 0) is 9.53 Å². The summed E-state index contributed by atoms with van der Waals surface area (Å²) >= 11 is 0. The highest BCUT2D eigenvalue weighted by molar-refractivity contribution is 5.85. The summed E-state index contributed by atoms with van der Waals surface area (Å²) in [7, 11) is 1.69. The highest BCUT2D eigenvalue weighted by Gasteiger charge is 2.17. The number of halogens is 1. The number of methoxy groups -OCH3 is 1. The highest BCUT2D eigenvalue weighted by Crippen LogP contribution is 2.27. The van der Waals surface area contributed by atoms with Gasteiger partial charge in [-0.05, 0) is 18.8 Å². The Morgan fingerprint density at radius 3 is 2.59 bits per heavy atom. The number of ether oxygens (including phenoxy) is 1. The fraction of sp³-hybridized carbons (Fsp3) is 0.917. The molecule has 0 spiro atoms. The van der Waals surface area contributed by atoms with Gasteiger partial charge >= 0.3 is 0 Å². The van der Waals surface area contributed by atoms with Gasteiger partial charge in [-0.1, -0.05) is 12.8 Å². The molecule has 0 unspecified atom stereocenters. The van der Waals surface area contributed by atoms with Crippen molar-refractivity contribution in [3.8, 4) is 0 Å². The van der Waals surface area contributed by atoms with E-state index in [9.17, 15) is 4.79 Å². The molecule has 0 heterocycles. The lowest BCUT2D eigenvalue weighted by Crippen LogP contribution is -2.33. The van der Waals surface area contributed by atoms with Gasteiger partial charge in [0.1, 0.15) is 0 Å². The van der Waals surface area contributed by atoms with Gasteiger partial charge in [-0.25, -0.2) is 0 Å². The Hall–Kier alpha value is -0.320. The van der Waals surface area contributed by atoms with Gasteiger partial charge in [0, 0.05) is 33.2 Å². The molecule has 0 bridgehead atoms. The molecule has 1 rings (SSSR count). The zero-order valence-electron chi connectivity index (χ0n) is 10.7. The Balaban J connectivity index is 0.00000256. The molecule has 0 aromatic heterocycles. The van der Waals surface area contributed by atoms with Crippen molar-refractivity contribution in [1.82, 2.24) is 10.6 Å². The second kappa shape index (κ2) is 10.8. The summed E-state index contributed by atoms with van der Waals surface area (Å²) in [5, 5.41) is 6.14. The van der Waals surface area contributed by atoms with Crippen LogP contribution in [0.2, 0.25) is 0 Å². The number of amides is 1. The molecule has 1 saturated carbocycles. The Morgan fingerprint density at radius 1 is 1.24 bits per heavy atom. The molecular weight excluding hydrogens is 240 g/mol. The van der Waals surface area contributed by atoms with Crippen molar-refractivity contribution < 1.29 is 9.53 Å². The van der Waals surface area contributed by atoms with E-state index >= 15 is 0 Å². The molecule has 0 atom stereocenters. The van der Waals surface area contributed by atoms with E-state index in [1.165, 1.54) is 25.7 Å². The van der Waals surface area contributed by atoms with Gasteiger partial charge in [0.05, 0.1) is 6.61 Å². The SMILES string of the molecule is COCCNCCNC(=O)CC1CCCC1.Cl. The maximum Gasteiger partial charge on any atom is 0.220 e. The third kappa shape index (κ3) is 8.41. The van der Waals surface area contributed by atoms with Crippen LogP contribution in [0.3, 0.4) is 0 Å². The number of carbonyl (C=O) groups is 1. The van der Waals surface area contributed by atoms with Crippen LogP contribution in [0.15, 0.2) is 0 Å². The van der Waals surface area contributed by atoms with Gasteiger partial charge < -0.3 is 15.4 Å². The molecule has 2 N–H and O–H groups in total. The Kier molecular flexibility index (Phi) is 10.6. The minimum Gasteiger partial charge on any atom is -0.383 e. The van der Waals surface area contributed by atoms with Crippen LogP contribution in [0, 0.1) is 5.92 Å². The summed E-state index contributed by atoms with van der Waals surface area (Å²) in [5.41, 5.74) is 0. The fourth-order valence-corrected chi connectivity index (χ4v) is 2.14. The molecule has 0 aromatic rings. The predicted molar refractivity (Wildman–Crippen MR) is 71.6 cm³/mol. The van der Waals surface area contributed by atoms with E-state index in [0.29, 0.717) is 5.92 Å². The van der Waals surface area contributed by atoms with Crippen LogP contribution in [0.5, 0.6) is 0 Å². The van der Waals surface area contributed by atoms with Crippen molar-refractivity contribution in [2.24, 2.45) is 5.92 Å². The first-order valence-corrected chi connectivity index (χ1v) is 6.29. The van der Waals surface area contributed by atoms with Gasteiger partial charge in [0.2, 0.25) is 5.91 Å². The van der Waals surface area contributed by atoms with Gasteiger partial charge in [-0.15, -0.1) is 12.4 Å². The fourth-order valence-electron chi connectivity index (χ4n) is 2.14. The molecule has 1 aliphatic rings. The zero-order valence-corrected chi connectivity index (χ0v) is 11.5. The Morgan fingerprint density at radius 2 is 1.94 bits per heavy atom. The average Bonchev–Trinajstić information content (AvgIpc) is 2.76. The molecule has 1 amide bonds. The summed E-state index contributed by atoms with van der Waals surface area (Å²) in [6.07, 6.45) is 5.80. The molecule has 1 aliphatic carbocycles. The first-order valence-electron chi connectivity index (χ1n) is 6.29. The van der Waals surface area contributed by atoms with Gasteiger partial charge in [0.25, 0.3) is 0 Å². The lowest BCUT2D eigenvalue weighted by atomic mass is 10.0. The third-order valence-electron chi connectivity index (χ3n) is 3.06. The second-order valence-electron chi connectivity index (χ2n) is 4.45. The number of hydrogen-bond donors (Lipinski definition) is 2. The molecule has 102 valence electrons. The van der Waals surface area contributed by atoms with E-state index in [1.807, 2.05) is 0 Å². The van der Waals surface area contributed by atoms with E-state index in [-0.39, 0.29) is 18.3 Å². The van der Waals surface area contributed by atoms with Crippen molar-refractivity contribution in [3.63, 3.8) is 0 Å². The van der Waals surface area contributed by atoms with Crippen LogP contribution in [0.4, 0.5) is 0 Å². The Bertz CT molecular complexity index is 197. The quantitative estimate of drug-likeness (QED) is 0.651. The van der Waals surface area contributed by atoms with E-state index in [4.69, 9.17) is 4.74 Å². The minimum atomic E-state index is 0. The predicted octanol–water partition coefficient (Wildman–Crippen LogP) is 1.34. The van der Waals surface area contributed by atoms with Gasteiger partial charge in [0.15, 0.2) is 0 Å². The van der Waals surface area contributed by atoms with Crippen LogP contribution < -0.4 is 10.6 Å². The molecule has 0 aliphatic heterocycles. The van der Waals surface area contributed by atoms with Crippen LogP contribution in [0.1, 0.15) is 32.1 Å². The number of rotatable bonds is 8. The number of hydrogen-bond acceptors (Lipinski definition) is 3. The standard InChI is InChI=1S/C12H24N2O2.ClH/c1-16-9-8-13-6-7-14-12(15)10-11-4-2-3-5-11;/h11,13H,2-10H2,1H3,(H,14,15);1H. The lowest BCUT2D eigenvalue weighted by Gasteiger charge is -2.09. The second-order valence-corrected chi connectivity index (χ2v) is 4.45. The van der Waals surface area contributed by atoms with Crippen molar-refractivity contribution in [2.75, 3.05) is 33.4 Å². The van der Waals surface area contributed by atoms with E-state index < -0.39 is 0 Å². The summed E-state index contributed by atoms with van der Waals surface area (Å²) in [6, 6.07) is 0. The van der Waals surface area contributed by atoms with E-state index in [0.717, 1.165) is 32.7 Å².